The zero-order valence-electron chi connectivity index (χ0n) is 7.62. The summed E-state index contributed by atoms with van der Waals surface area (Å²) in [6.07, 6.45) is 8.33. The van der Waals surface area contributed by atoms with Gasteiger partial charge < -0.3 is 5.41 Å². The summed E-state index contributed by atoms with van der Waals surface area (Å²) in [6, 6.07) is 1.90. The molecule has 66 valence electrons. The van der Waals surface area contributed by atoms with Crippen molar-refractivity contribution >= 4 is 11.8 Å². The van der Waals surface area contributed by atoms with Crippen LogP contribution in [-0.4, -0.2) is 11.2 Å². The molecule has 0 aromatic carbocycles. The van der Waals surface area contributed by atoms with Crippen LogP contribution in [0, 0.1) is 12.3 Å². The number of rotatable bonds is 3. The van der Waals surface area contributed by atoms with Crippen molar-refractivity contribution < 1.29 is 0 Å². The van der Waals surface area contributed by atoms with Crippen molar-refractivity contribution in [1.82, 2.24) is 4.98 Å². The molecule has 0 aliphatic rings. The highest BCUT2D eigenvalue weighted by Crippen LogP contribution is 2.15. The normalized spacial score (nSPS) is 11.0. The topological polar surface area (TPSA) is 36.7 Å². The van der Waals surface area contributed by atoms with E-state index >= 15 is 0 Å². The molecule has 0 saturated heterocycles. The van der Waals surface area contributed by atoms with Crippen molar-refractivity contribution in [3.63, 3.8) is 0 Å². The van der Waals surface area contributed by atoms with Crippen LogP contribution in [-0.2, 0) is 0 Å². The van der Waals surface area contributed by atoms with E-state index in [1.165, 1.54) is 6.21 Å². The van der Waals surface area contributed by atoms with Gasteiger partial charge in [0.25, 0.3) is 0 Å². The van der Waals surface area contributed by atoms with E-state index < -0.39 is 0 Å². The molecule has 13 heavy (non-hydrogen) atoms. The summed E-state index contributed by atoms with van der Waals surface area (Å²) < 4.78 is 0. The Balaban J connectivity index is 3.19. The van der Waals surface area contributed by atoms with E-state index in [0.717, 1.165) is 16.7 Å². The first-order valence-corrected chi connectivity index (χ1v) is 4.03. The Morgan fingerprint density at radius 3 is 2.92 bits per heavy atom. The van der Waals surface area contributed by atoms with Crippen LogP contribution in [0.1, 0.15) is 11.1 Å². The van der Waals surface area contributed by atoms with Gasteiger partial charge in [-0.05, 0) is 29.7 Å². The molecular weight excluding hydrogens is 160 g/mol. The lowest BCUT2D eigenvalue weighted by Crippen LogP contribution is -1.90. The zero-order valence-corrected chi connectivity index (χ0v) is 7.62. The second kappa shape index (κ2) is 4.36. The van der Waals surface area contributed by atoms with Crippen LogP contribution in [0.2, 0.25) is 0 Å². The molecule has 0 atom stereocenters. The third-order valence-corrected chi connectivity index (χ3v) is 1.78. The standard InChI is InChI=1S/C11H12N2/c1-3-4-10(7-12)11-5-6-13-8-9(11)2/h3-8,12H,1H2,2H3/b10-4+,12-7?. The average molecular weight is 172 g/mol. The summed E-state index contributed by atoms with van der Waals surface area (Å²) in [5.41, 5.74) is 2.96. The molecule has 0 amide bonds. The van der Waals surface area contributed by atoms with E-state index in [0.29, 0.717) is 0 Å². The average Bonchev–Trinajstić information content (AvgIpc) is 2.16. The van der Waals surface area contributed by atoms with Gasteiger partial charge in [0, 0.05) is 18.6 Å². The van der Waals surface area contributed by atoms with Gasteiger partial charge in [0.05, 0.1) is 0 Å². The fourth-order valence-electron chi connectivity index (χ4n) is 1.14. The molecule has 0 aliphatic heterocycles. The van der Waals surface area contributed by atoms with Crippen LogP contribution in [0.4, 0.5) is 0 Å². The number of aryl methyl sites for hydroxylation is 1. The van der Waals surface area contributed by atoms with Crippen molar-refractivity contribution in [2.45, 2.75) is 6.92 Å². The van der Waals surface area contributed by atoms with E-state index in [9.17, 15) is 0 Å². The smallest absolute Gasteiger partial charge is 0.0303 e. The maximum atomic E-state index is 7.24. The maximum absolute atomic E-state index is 7.24. The molecule has 1 heterocycles. The van der Waals surface area contributed by atoms with Crippen LogP contribution in [0.3, 0.4) is 0 Å². The monoisotopic (exact) mass is 172 g/mol. The van der Waals surface area contributed by atoms with Crippen LogP contribution in [0.25, 0.3) is 5.57 Å². The number of nitrogens with zero attached hydrogens (tertiary/aromatic N) is 1. The lowest BCUT2D eigenvalue weighted by atomic mass is 10.0. The largest absolute Gasteiger partial charge is 0.308 e. The summed E-state index contributed by atoms with van der Waals surface area (Å²) in [7, 11) is 0. The van der Waals surface area contributed by atoms with Gasteiger partial charge in [-0.1, -0.05) is 18.7 Å². The van der Waals surface area contributed by atoms with Crippen molar-refractivity contribution in [2.75, 3.05) is 0 Å². The first kappa shape index (κ1) is 9.39. The summed E-state index contributed by atoms with van der Waals surface area (Å²) in [6.45, 7) is 5.58. The summed E-state index contributed by atoms with van der Waals surface area (Å²) in [4.78, 5) is 3.99. The molecule has 2 heteroatoms. The minimum atomic E-state index is 0.856. The van der Waals surface area contributed by atoms with E-state index in [4.69, 9.17) is 5.41 Å². The predicted molar refractivity (Wildman–Crippen MR) is 55.9 cm³/mol. The van der Waals surface area contributed by atoms with Crippen LogP contribution in [0.15, 0.2) is 37.2 Å². The highest BCUT2D eigenvalue weighted by atomic mass is 14.6. The van der Waals surface area contributed by atoms with Gasteiger partial charge in [-0.25, -0.2) is 0 Å². The Morgan fingerprint density at radius 1 is 1.62 bits per heavy atom. The molecule has 1 N–H and O–H groups in total. The van der Waals surface area contributed by atoms with Crippen molar-refractivity contribution in [3.8, 4) is 0 Å². The van der Waals surface area contributed by atoms with E-state index in [2.05, 4.69) is 11.6 Å². The fourth-order valence-corrected chi connectivity index (χ4v) is 1.14. The quantitative estimate of drug-likeness (QED) is 0.552. The van der Waals surface area contributed by atoms with Crippen molar-refractivity contribution in [3.05, 3.63) is 48.3 Å². The molecule has 1 rings (SSSR count). The Morgan fingerprint density at radius 2 is 2.38 bits per heavy atom. The van der Waals surface area contributed by atoms with Gasteiger partial charge in [0.2, 0.25) is 0 Å². The molecule has 0 fully saturated rings. The summed E-state index contributed by atoms with van der Waals surface area (Å²) >= 11 is 0. The second-order valence-electron chi connectivity index (χ2n) is 2.69. The van der Waals surface area contributed by atoms with E-state index in [1.807, 2.05) is 19.1 Å². The third-order valence-electron chi connectivity index (χ3n) is 1.78. The lowest BCUT2D eigenvalue weighted by molar-refractivity contribution is 1.25. The Kier molecular flexibility index (Phi) is 3.15. The molecule has 1 aromatic rings. The first-order valence-electron chi connectivity index (χ1n) is 4.03. The minimum Gasteiger partial charge on any atom is -0.308 e. The molecule has 0 bridgehead atoms. The Bertz CT molecular complexity index is 351. The predicted octanol–water partition coefficient (Wildman–Crippen LogP) is 2.61. The van der Waals surface area contributed by atoms with E-state index in [1.54, 1.807) is 18.5 Å². The van der Waals surface area contributed by atoms with Gasteiger partial charge >= 0.3 is 0 Å². The lowest BCUT2D eigenvalue weighted by Gasteiger charge is -2.03. The van der Waals surface area contributed by atoms with E-state index in [-0.39, 0.29) is 0 Å². The number of hydrogen-bond donors (Lipinski definition) is 1. The van der Waals surface area contributed by atoms with Crippen molar-refractivity contribution in [2.24, 2.45) is 0 Å². The van der Waals surface area contributed by atoms with Crippen LogP contribution in [0.5, 0.6) is 0 Å². The Labute approximate surface area is 78.1 Å². The molecule has 2 nitrogen and oxygen atoms in total. The number of pyridine rings is 1. The zero-order chi connectivity index (χ0) is 9.68. The molecule has 1 aromatic heterocycles. The van der Waals surface area contributed by atoms with Crippen molar-refractivity contribution in [1.29, 1.82) is 5.41 Å². The number of nitrogens with one attached hydrogen (secondary N) is 1. The van der Waals surface area contributed by atoms with Gasteiger partial charge in [-0.2, -0.15) is 0 Å². The fraction of sp³-hybridized carbons (Fsp3) is 0.0909. The first-order chi connectivity index (χ1) is 6.29. The van der Waals surface area contributed by atoms with Gasteiger partial charge in [-0.3, -0.25) is 4.98 Å². The van der Waals surface area contributed by atoms with Crippen LogP contribution < -0.4 is 0 Å². The molecular formula is C11H12N2. The third kappa shape index (κ3) is 2.12. The molecule has 0 radical (unpaired) electrons. The van der Waals surface area contributed by atoms with Gasteiger partial charge in [0.15, 0.2) is 0 Å². The summed E-state index contributed by atoms with van der Waals surface area (Å²) in [5.74, 6) is 0. The minimum absolute atomic E-state index is 0.856. The SMILES string of the molecule is C=C/C=C(\C=N)c1ccncc1C. The number of hydrogen-bond acceptors (Lipinski definition) is 2. The second-order valence-corrected chi connectivity index (χ2v) is 2.69. The maximum Gasteiger partial charge on any atom is 0.0303 e. The summed E-state index contributed by atoms with van der Waals surface area (Å²) in [5, 5.41) is 7.24. The van der Waals surface area contributed by atoms with Gasteiger partial charge in [-0.15, -0.1) is 0 Å². The number of allylic oxidation sites excluding steroid dienone is 3. The molecule has 0 aliphatic carbocycles. The molecule has 0 unspecified atom stereocenters. The van der Waals surface area contributed by atoms with Gasteiger partial charge in [0.1, 0.15) is 0 Å². The molecule has 0 saturated carbocycles. The highest BCUT2D eigenvalue weighted by molar-refractivity contribution is 6.09. The Hall–Kier alpha value is -1.70. The highest BCUT2D eigenvalue weighted by Gasteiger charge is 2.00. The van der Waals surface area contributed by atoms with Crippen LogP contribution >= 0.6 is 0 Å². The number of aromatic nitrogens is 1. The molecule has 0 spiro atoms.